The van der Waals surface area contributed by atoms with Crippen molar-refractivity contribution in [1.29, 1.82) is 0 Å². The lowest BCUT2D eigenvalue weighted by Crippen LogP contribution is -2.58. The minimum absolute atomic E-state index is 0.0273. The van der Waals surface area contributed by atoms with E-state index in [0.717, 1.165) is 49.2 Å². The van der Waals surface area contributed by atoms with Crippen LogP contribution in [-0.2, 0) is 38.6 Å². The Hall–Kier alpha value is -6.44. The maximum Gasteiger partial charge on any atom is 0.421 e. The summed E-state index contributed by atoms with van der Waals surface area (Å²) in [4.78, 5) is 56.1. The third-order valence-corrected chi connectivity index (χ3v) is 10.1. The molecule has 57 heavy (non-hydrogen) atoms. The molecule has 1 fully saturated rings. The molecule has 3 N–H and O–H groups in total. The Labute approximate surface area is 329 Å². The van der Waals surface area contributed by atoms with Gasteiger partial charge in [-0.15, -0.1) is 0 Å². The number of nitrogens with one attached hydrogen (secondary N) is 3. The van der Waals surface area contributed by atoms with Crippen molar-refractivity contribution in [1.82, 2.24) is 25.4 Å². The van der Waals surface area contributed by atoms with Crippen LogP contribution in [-0.4, -0.2) is 72.0 Å². The van der Waals surface area contributed by atoms with Crippen LogP contribution >= 0.6 is 0 Å². The first-order valence-corrected chi connectivity index (χ1v) is 18.9. The lowest BCUT2D eigenvalue weighted by atomic mass is 9.91. The molecule has 294 valence electrons. The number of rotatable bonds is 13. The van der Waals surface area contributed by atoms with Crippen LogP contribution in [0, 0.1) is 0 Å². The second kappa shape index (κ2) is 17.6. The van der Waals surface area contributed by atoms with Crippen molar-refractivity contribution in [2.75, 3.05) is 33.0 Å². The van der Waals surface area contributed by atoms with Crippen LogP contribution in [0.5, 0.6) is 0 Å². The molecule has 0 radical (unpaired) electrons. The molecular formula is C44H45N5O8. The zero-order chi connectivity index (χ0) is 39.8. The highest BCUT2D eigenvalue weighted by Gasteiger charge is 2.38. The molecule has 6 aromatic rings. The molecule has 1 saturated heterocycles. The van der Waals surface area contributed by atoms with E-state index in [2.05, 4.69) is 20.9 Å². The average molecular weight is 772 g/mol. The maximum absolute atomic E-state index is 14.1. The molecule has 2 amide bonds. The molecule has 2 atom stereocenters. The van der Waals surface area contributed by atoms with Gasteiger partial charge in [0.05, 0.1) is 17.1 Å². The van der Waals surface area contributed by atoms with Crippen LogP contribution in [0.4, 0.5) is 9.59 Å². The van der Waals surface area contributed by atoms with Gasteiger partial charge in [-0.3, -0.25) is 14.3 Å². The lowest BCUT2D eigenvalue weighted by molar-refractivity contribution is -0.127. The van der Waals surface area contributed by atoms with Gasteiger partial charge in [0.2, 0.25) is 12.7 Å². The standard InChI is InChI=1S/C44H45N5O8/c1-30(32-10-4-3-5-11-32)46-41(51)44(2,47-42(52)54-28-36-24-34-12-6-9-15-39(34)57-36)25-35-27-49(38-14-8-7-13-37(35)38)43(53)56-29-55-40(50)33-18-16-31(17-19-33)26-48-22-20-45-21-23-48/h3-19,24,27,30,45H,20-23,25-26,28-29H2,1-2H3,(H,46,51)(H,47,52). The van der Waals surface area contributed by atoms with Crippen LogP contribution in [0.1, 0.15) is 52.7 Å². The number of hydrogen-bond acceptors (Lipinski definition) is 10. The number of carbonyl (C=O) groups is 4. The summed E-state index contributed by atoms with van der Waals surface area (Å²) in [5, 5.41) is 10.7. The number of nitrogens with zero attached hydrogens (tertiary/aromatic N) is 2. The summed E-state index contributed by atoms with van der Waals surface area (Å²) in [5.41, 5.74) is 2.48. The number of hydrogen-bond donors (Lipinski definition) is 3. The molecule has 13 heteroatoms. The Bertz CT molecular complexity index is 2320. The van der Waals surface area contributed by atoms with E-state index in [1.165, 1.54) is 4.57 Å². The minimum atomic E-state index is -1.55. The Kier molecular flexibility index (Phi) is 12.0. The molecule has 0 saturated carbocycles. The predicted octanol–water partition coefficient (Wildman–Crippen LogP) is 6.70. The van der Waals surface area contributed by atoms with Crippen LogP contribution in [0.25, 0.3) is 21.9 Å². The maximum atomic E-state index is 14.1. The third-order valence-electron chi connectivity index (χ3n) is 10.1. The number of esters is 1. The van der Waals surface area contributed by atoms with Gasteiger partial charge in [0.15, 0.2) is 6.61 Å². The smallest absolute Gasteiger partial charge is 0.421 e. The molecule has 2 aromatic heterocycles. The van der Waals surface area contributed by atoms with Crippen molar-refractivity contribution in [3.05, 3.63) is 143 Å². The molecule has 2 unspecified atom stereocenters. The van der Waals surface area contributed by atoms with E-state index in [1.54, 1.807) is 43.5 Å². The number of fused-ring (bicyclic) bond motifs is 2. The first kappa shape index (κ1) is 38.8. The first-order chi connectivity index (χ1) is 27.6. The monoisotopic (exact) mass is 771 g/mol. The van der Waals surface area contributed by atoms with Crippen molar-refractivity contribution in [3.8, 4) is 0 Å². The van der Waals surface area contributed by atoms with E-state index in [4.69, 9.17) is 18.6 Å². The lowest BCUT2D eigenvalue weighted by Gasteiger charge is -2.30. The summed E-state index contributed by atoms with van der Waals surface area (Å²) < 4.78 is 23.3. The number of alkyl carbamates (subject to hydrolysis) is 1. The van der Waals surface area contributed by atoms with E-state index in [9.17, 15) is 19.2 Å². The van der Waals surface area contributed by atoms with Gasteiger partial charge in [-0.1, -0.05) is 78.9 Å². The zero-order valence-corrected chi connectivity index (χ0v) is 31.9. The molecule has 7 rings (SSSR count). The molecule has 0 aliphatic carbocycles. The highest BCUT2D eigenvalue weighted by Crippen LogP contribution is 2.27. The Balaban J connectivity index is 1.04. The van der Waals surface area contributed by atoms with Gasteiger partial charge in [-0.05, 0) is 60.9 Å². The fourth-order valence-corrected chi connectivity index (χ4v) is 6.95. The average Bonchev–Trinajstić information content (AvgIpc) is 3.82. The van der Waals surface area contributed by atoms with Crippen LogP contribution in [0.15, 0.2) is 120 Å². The van der Waals surface area contributed by atoms with Crippen LogP contribution < -0.4 is 16.0 Å². The van der Waals surface area contributed by atoms with Gasteiger partial charge >= 0.3 is 18.2 Å². The van der Waals surface area contributed by atoms with Gasteiger partial charge in [0, 0.05) is 56.1 Å². The molecule has 1 aliphatic rings. The normalized spacial score (nSPS) is 14.7. The van der Waals surface area contributed by atoms with Gasteiger partial charge in [0.25, 0.3) is 0 Å². The molecule has 0 bridgehead atoms. The fraction of sp³-hybridized carbons (Fsp3) is 0.273. The number of amides is 2. The molecule has 3 heterocycles. The van der Waals surface area contributed by atoms with Crippen molar-refractivity contribution in [2.24, 2.45) is 0 Å². The summed E-state index contributed by atoms with van der Waals surface area (Å²) in [6, 6.07) is 32.6. The molecule has 0 spiro atoms. The van der Waals surface area contributed by atoms with Gasteiger partial charge in [-0.25, -0.2) is 14.4 Å². The van der Waals surface area contributed by atoms with Crippen molar-refractivity contribution >= 4 is 45.9 Å². The number of piperazine rings is 1. The number of para-hydroxylation sites is 2. The second-order valence-electron chi connectivity index (χ2n) is 14.3. The summed E-state index contributed by atoms with van der Waals surface area (Å²) in [6.07, 6.45) is -0.0988. The SMILES string of the molecule is CC(NC(=O)C(C)(Cc1cn(C(=O)OCOC(=O)c2ccc(CN3CCNCC3)cc2)c2ccccc12)NC(=O)OCc1cc2ccccc2o1)c1ccccc1. The van der Waals surface area contributed by atoms with Crippen molar-refractivity contribution in [3.63, 3.8) is 0 Å². The summed E-state index contributed by atoms with van der Waals surface area (Å²) >= 11 is 0. The Morgan fingerprint density at radius 3 is 2.35 bits per heavy atom. The predicted molar refractivity (Wildman–Crippen MR) is 213 cm³/mol. The number of furan rings is 1. The largest absolute Gasteiger partial charge is 0.457 e. The van der Waals surface area contributed by atoms with E-state index >= 15 is 0 Å². The zero-order valence-electron chi connectivity index (χ0n) is 31.9. The highest BCUT2D eigenvalue weighted by atomic mass is 16.7. The van der Waals surface area contributed by atoms with E-state index in [-0.39, 0.29) is 19.1 Å². The van der Waals surface area contributed by atoms with E-state index < -0.39 is 36.4 Å². The van der Waals surface area contributed by atoms with Gasteiger partial charge < -0.3 is 34.6 Å². The van der Waals surface area contributed by atoms with Crippen LogP contribution in [0.3, 0.4) is 0 Å². The molecule has 4 aromatic carbocycles. The summed E-state index contributed by atoms with van der Waals surface area (Å²) in [5.74, 6) is -0.649. The Morgan fingerprint density at radius 1 is 0.860 bits per heavy atom. The number of ether oxygens (including phenoxy) is 3. The quantitative estimate of drug-likeness (QED) is 0.0855. The van der Waals surface area contributed by atoms with Crippen molar-refractivity contribution in [2.45, 2.75) is 45.0 Å². The number of aromatic nitrogens is 1. The molecular weight excluding hydrogens is 727 g/mol. The number of benzene rings is 4. The minimum Gasteiger partial charge on any atom is -0.457 e. The van der Waals surface area contributed by atoms with Crippen LogP contribution in [0.2, 0.25) is 0 Å². The summed E-state index contributed by atoms with van der Waals surface area (Å²) in [7, 11) is 0. The first-order valence-electron chi connectivity index (χ1n) is 18.9. The van der Waals surface area contributed by atoms with E-state index in [0.29, 0.717) is 33.4 Å². The Morgan fingerprint density at radius 2 is 1.58 bits per heavy atom. The second-order valence-corrected chi connectivity index (χ2v) is 14.3. The van der Waals surface area contributed by atoms with Crippen molar-refractivity contribution < 1.29 is 37.8 Å². The third kappa shape index (κ3) is 9.51. The summed E-state index contributed by atoms with van der Waals surface area (Å²) in [6.45, 7) is 7.31. The van der Waals surface area contributed by atoms with E-state index in [1.807, 2.05) is 85.8 Å². The highest BCUT2D eigenvalue weighted by molar-refractivity contribution is 5.95. The molecule has 1 aliphatic heterocycles. The van der Waals surface area contributed by atoms with Gasteiger partial charge in [-0.2, -0.15) is 0 Å². The molecule has 13 nitrogen and oxygen atoms in total. The van der Waals surface area contributed by atoms with Gasteiger partial charge in [0.1, 0.15) is 16.9 Å². The number of carbonyl (C=O) groups excluding carboxylic acids is 4. The topological polar surface area (TPSA) is 153 Å². The fourth-order valence-electron chi connectivity index (χ4n) is 6.95.